The van der Waals surface area contributed by atoms with Crippen molar-refractivity contribution in [2.24, 2.45) is 7.05 Å². The molecule has 0 aliphatic heterocycles. The molecule has 0 bridgehead atoms. The van der Waals surface area contributed by atoms with Gasteiger partial charge in [0.05, 0.1) is 18.6 Å². The van der Waals surface area contributed by atoms with Crippen LogP contribution < -0.4 is 0 Å². The van der Waals surface area contributed by atoms with Gasteiger partial charge in [-0.1, -0.05) is 5.16 Å². The van der Waals surface area contributed by atoms with Crippen molar-refractivity contribution in [2.75, 3.05) is 0 Å². The maximum absolute atomic E-state index is 8.41. The summed E-state index contributed by atoms with van der Waals surface area (Å²) in [5, 5.41) is 12.2. The molecular formula is C9H9N5O. The zero-order valence-electron chi connectivity index (χ0n) is 8.21. The first kappa shape index (κ1) is 9.40. The van der Waals surface area contributed by atoms with Crippen molar-refractivity contribution < 1.29 is 4.52 Å². The molecule has 0 amide bonds. The van der Waals surface area contributed by atoms with Gasteiger partial charge in [-0.15, -0.1) is 0 Å². The summed E-state index contributed by atoms with van der Waals surface area (Å²) in [6.45, 7) is 0. The second kappa shape index (κ2) is 3.92. The lowest BCUT2D eigenvalue weighted by atomic mass is 10.3. The number of rotatable bonds is 3. The van der Waals surface area contributed by atoms with Crippen molar-refractivity contribution >= 4 is 0 Å². The summed E-state index contributed by atoms with van der Waals surface area (Å²) in [4.78, 5) is 8.12. The van der Waals surface area contributed by atoms with Crippen molar-refractivity contribution in [3.05, 3.63) is 18.4 Å². The second-order valence-corrected chi connectivity index (χ2v) is 3.06. The number of imidazole rings is 1. The monoisotopic (exact) mass is 203 g/mol. The molecule has 0 aliphatic carbocycles. The van der Waals surface area contributed by atoms with Crippen LogP contribution in [0.5, 0.6) is 0 Å². The predicted molar refractivity (Wildman–Crippen MR) is 50.4 cm³/mol. The molecule has 0 unspecified atom stereocenters. The smallest absolute Gasteiger partial charge is 0.228 e. The van der Waals surface area contributed by atoms with Gasteiger partial charge in [0.15, 0.2) is 0 Å². The number of aromatic nitrogens is 4. The summed E-state index contributed by atoms with van der Waals surface area (Å²) in [5.41, 5.74) is 0.793. The largest absolute Gasteiger partial charge is 0.339 e. The van der Waals surface area contributed by atoms with Crippen LogP contribution in [0.4, 0.5) is 0 Å². The number of nitrogens with zero attached hydrogens (tertiary/aromatic N) is 5. The summed E-state index contributed by atoms with van der Waals surface area (Å²) >= 11 is 0. The van der Waals surface area contributed by atoms with E-state index in [-0.39, 0.29) is 0 Å². The Hall–Kier alpha value is -2.16. The van der Waals surface area contributed by atoms with E-state index in [0.717, 1.165) is 5.69 Å². The molecule has 2 aromatic heterocycles. The molecule has 2 rings (SSSR count). The van der Waals surface area contributed by atoms with Gasteiger partial charge < -0.3 is 9.09 Å². The molecule has 0 spiro atoms. The van der Waals surface area contributed by atoms with Crippen LogP contribution in [0.2, 0.25) is 0 Å². The Morgan fingerprint density at radius 2 is 2.47 bits per heavy atom. The average molecular weight is 203 g/mol. The zero-order chi connectivity index (χ0) is 10.7. The highest BCUT2D eigenvalue weighted by atomic mass is 16.5. The summed E-state index contributed by atoms with van der Waals surface area (Å²) in [6.07, 6.45) is 4.20. The lowest BCUT2D eigenvalue weighted by Gasteiger charge is -1.92. The van der Waals surface area contributed by atoms with Crippen molar-refractivity contribution in [1.82, 2.24) is 19.7 Å². The highest BCUT2D eigenvalue weighted by Crippen LogP contribution is 2.14. The molecule has 76 valence electrons. The molecule has 0 saturated carbocycles. The third-order valence-electron chi connectivity index (χ3n) is 1.96. The predicted octanol–water partition coefficient (Wildman–Crippen LogP) is 0.926. The van der Waals surface area contributed by atoms with Gasteiger partial charge >= 0.3 is 0 Å². The van der Waals surface area contributed by atoms with Gasteiger partial charge in [-0.05, 0) is 0 Å². The van der Waals surface area contributed by atoms with Gasteiger partial charge in [0.25, 0.3) is 0 Å². The Balaban J connectivity index is 2.21. The summed E-state index contributed by atoms with van der Waals surface area (Å²) in [7, 11) is 1.85. The van der Waals surface area contributed by atoms with Crippen LogP contribution in [0.3, 0.4) is 0 Å². The van der Waals surface area contributed by atoms with Gasteiger partial charge in [-0.2, -0.15) is 10.2 Å². The number of hydrogen-bond acceptors (Lipinski definition) is 5. The van der Waals surface area contributed by atoms with Gasteiger partial charge in [0.1, 0.15) is 5.69 Å². The molecule has 15 heavy (non-hydrogen) atoms. The lowest BCUT2D eigenvalue weighted by molar-refractivity contribution is 0.379. The van der Waals surface area contributed by atoms with Crippen LogP contribution in [0.1, 0.15) is 12.3 Å². The van der Waals surface area contributed by atoms with E-state index < -0.39 is 0 Å². The Bertz CT molecular complexity index is 493. The highest BCUT2D eigenvalue weighted by Gasteiger charge is 2.10. The zero-order valence-corrected chi connectivity index (χ0v) is 8.21. The summed E-state index contributed by atoms with van der Waals surface area (Å²) < 4.78 is 6.80. The standard InChI is InChI=1S/C9H9N5O/c1-14-6-11-5-7(14)9-12-8(15-13-9)3-2-4-10/h5-6H,2-3H2,1H3. The quantitative estimate of drug-likeness (QED) is 0.741. The van der Waals surface area contributed by atoms with E-state index >= 15 is 0 Å². The fourth-order valence-corrected chi connectivity index (χ4v) is 1.20. The minimum atomic E-state index is 0.382. The first-order chi connectivity index (χ1) is 7.31. The van der Waals surface area contributed by atoms with Gasteiger partial charge in [-0.3, -0.25) is 0 Å². The van der Waals surface area contributed by atoms with Crippen LogP contribution in [0.25, 0.3) is 11.5 Å². The molecule has 0 aliphatic rings. The maximum atomic E-state index is 8.41. The summed E-state index contributed by atoms with van der Waals surface area (Å²) in [6, 6.07) is 2.03. The third kappa shape index (κ3) is 1.86. The SMILES string of the molecule is Cn1cncc1-c1noc(CCC#N)n1. The van der Waals surface area contributed by atoms with Crippen molar-refractivity contribution in [3.63, 3.8) is 0 Å². The van der Waals surface area contributed by atoms with Crippen LogP contribution in [-0.2, 0) is 13.5 Å². The Morgan fingerprint density at radius 1 is 1.60 bits per heavy atom. The van der Waals surface area contributed by atoms with Crippen molar-refractivity contribution in [3.8, 4) is 17.6 Å². The maximum Gasteiger partial charge on any atom is 0.228 e. The molecular weight excluding hydrogens is 194 g/mol. The van der Waals surface area contributed by atoms with E-state index in [2.05, 4.69) is 15.1 Å². The Morgan fingerprint density at radius 3 is 3.13 bits per heavy atom. The van der Waals surface area contributed by atoms with Crippen molar-refractivity contribution in [2.45, 2.75) is 12.8 Å². The molecule has 0 aromatic carbocycles. The lowest BCUT2D eigenvalue weighted by Crippen LogP contribution is -1.91. The van der Waals surface area contributed by atoms with Crippen LogP contribution >= 0.6 is 0 Å². The number of aryl methyl sites for hydroxylation is 2. The van der Waals surface area contributed by atoms with Crippen LogP contribution in [0.15, 0.2) is 17.0 Å². The first-order valence-corrected chi connectivity index (χ1v) is 4.47. The van der Waals surface area contributed by atoms with Crippen LogP contribution in [-0.4, -0.2) is 19.7 Å². The molecule has 2 heterocycles. The van der Waals surface area contributed by atoms with Crippen molar-refractivity contribution in [1.29, 1.82) is 5.26 Å². The number of hydrogen-bond donors (Lipinski definition) is 0. The minimum absolute atomic E-state index is 0.382. The Kier molecular flexibility index (Phi) is 2.46. The first-order valence-electron chi connectivity index (χ1n) is 4.47. The number of nitriles is 1. The Labute approximate surface area is 86.2 Å². The van der Waals surface area contributed by atoms with E-state index in [4.69, 9.17) is 9.78 Å². The molecule has 6 nitrogen and oxygen atoms in total. The molecule has 0 saturated heterocycles. The second-order valence-electron chi connectivity index (χ2n) is 3.06. The van der Waals surface area contributed by atoms with E-state index in [9.17, 15) is 0 Å². The highest BCUT2D eigenvalue weighted by molar-refractivity contribution is 5.46. The van der Waals surface area contributed by atoms with Gasteiger partial charge in [0.2, 0.25) is 11.7 Å². The van der Waals surface area contributed by atoms with E-state index in [1.165, 1.54) is 0 Å². The van der Waals surface area contributed by atoms with E-state index in [1.807, 2.05) is 13.1 Å². The minimum Gasteiger partial charge on any atom is -0.339 e. The molecule has 2 aromatic rings. The van der Waals surface area contributed by atoms with Crippen LogP contribution in [0, 0.1) is 11.3 Å². The fraction of sp³-hybridized carbons (Fsp3) is 0.333. The average Bonchev–Trinajstić information content (AvgIpc) is 2.83. The topological polar surface area (TPSA) is 80.5 Å². The molecule has 0 radical (unpaired) electrons. The summed E-state index contributed by atoms with van der Waals surface area (Å²) in [5.74, 6) is 0.982. The fourth-order valence-electron chi connectivity index (χ4n) is 1.20. The third-order valence-corrected chi connectivity index (χ3v) is 1.96. The molecule has 0 fully saturated rings. The molecule has 0 atom stereocenters. The van der Waals surface area contributed by atoms with E-state index in [0.29, 0.717) is 24.6 Å². The van der Waals surface area contributed by atoms with E-state index in [1.54, 1.807) is 17.1 Å². The van der Waals surface area contributed by atoms with Gasteiger partial charge in [0, 0.05) is 19.9 Å². The molecule has 0 N–H and O–H groups in total. The molecule has 6 heteroatoms. The normalized spacial score (nSPS) is 10.1. The van der Waals surface area contributed by atoms with Gasteiger partial charge in [-0.25, -0.2) is 4.98 Å².